The Morgan fingerprint density at radius 2 is 1.70 bits per heavy atom. The lowest BCUT2D eigenvalue weighted by Gasteiger charge is -2.43. The van der Waals surface area contributed by atoms with Crippen LogP contribution in [-0.4, -0.2) is 29.6 Å². The van der Waals surface area contributed by atoms with Crippen LogP contribution in [-0.2, 0) is 6.42 Å². The Bertz CT molecular complexity index is 411. The van der Waals surface area contributed by atoms with E-state index in [1.54, 1.807) is 0 Å². The zero-order valence-corrected chi connectivity index (χ0v) is 14.2. The maximum Gasteiger partial charge on any atom is 0.0453 e. The highest BCUT2D eigenvalue weighted by Gasteiger charge is 2.34. The Balaban J connectivity index is 3.02. The molecule has 1 atom stereocenters. The van der Waals surface area contributed by atoms with Crippen LogP contribution in [0.15, 0.2) is 18.2 Å². The molecule has 0 radical (unpaired) electrons. The van der Waals surface area contributed by atoms with Crippen molar-refractivity contribution in [2.75, 3.05) is 13.1 Å². The van der Waals surface area contributed by atoms with Crippen molar-refractivity contribution in [3.63, 3.8) is 0 Å². The first-order chi connectivity index (χ1) is 9.38. The smallest absolute Gasteiger partial charge is 0.0453 e. The first kappa shape index (κ1) is 17.7. The molecule has 0 aliphatic rings. The van der Waals surface area contributed by atoms with Gasteiger partial charge in [-0.2, -0.15) is 0 Å². The third-order valence-corrected chi connectivity index (χ3v) is 4.81. The number of hydrazine groups is 1. The summed E-state index contributed by atoms with van der Waals surface area (Å²) in [5.41, 5.74) is 3.78. The number of likely N-dealkylation sites (N-methyl/N-ethyl adjacent to an activating group) is 1. The summed E-state index contributed by atoms with van der Waals surface area (Å²) in [6.45, 7) is 10.6. The SMILES string of the molecule is CCN(CC)C(C)(C)C(Cc1c(Cl)cccc1Cl)NN. The summed E-state index contributed by atoms with van der Waals surface area (Å²) >= 11 is 12.5. The van der Waals surface area contributed by atoms with Gasteiger partial charge in [0.25, 0.3) is 0 Å². The van der Waals surface area contributed by atoms with E-state index < -0.39 is 0 Å². The number of hydrogen-bond donors (Lipinski definition) is 2. The third kappa shape index (κ3) is 3.86. The molecule has 0 heterocycles. The van der Waals surface area contributed by atoms with Gasteiger partial charge in [-0.05, 0) is 51.1 Å². The van der Waals surface area contributed by atoms with E-state index in [0.29, 0.717) is 16.5 Å². The first-order valence-corrected chi connectivity index (χ1v) is 7.78. The number of benzene rings is 1. The quantitative estimate of drug-likeness (QED) is 0.597. The second-order valence-corrected chi connectivity index (χ2v) is 6.26. The Labute approximate surface area is 132 Å². The summed E-state index contributed by atoms with van der Waals surface area (Å²) < 4.78 is 0. The lowest BCUT2D eigenvalue weighted by Crippen LogP contribution is -2.60. The van der Waals surface area contributed by atoms with E-state index in [1.165, 1.54) is 0 Å². The largest absolute Gasteiger partial charge is 0.297 e. The van der Waals surface area contributed by atoms with Crippen molar-refractivity contribution < 1.29 is 0 Å². The molecule has 1 aromatic carbocycles. The van der Waals surface area contributed by atoms with Crippen LogP contribution in [0, 0.1) is 0 Å². The van der Waals surface area contributed by atoms with Gasteiger partial charge in [-0.15, -0.1) is 0 Å². The van der Waals surface area contributed by atoms with Gasteiger partial charge in [0, 0.05) is 21.6 Å². The van der Waals surface area contributed by atoms with Crippen LogP contribution in [0.5, 0.6) is 0 Å². The Morgan fingerprint density at radius 1 is 1.20 bits per heavy atom. The molecule has 3 nitrogen and oxygen atoms in total. The van der Waals surface area contributed by atoms with Crippen LogP contribution in [0.4, 0.5) is 0 Å². The van der Waals surface area contributed by atoms with E-state index in [-0.39, 0.29) is 11.6 Å². The monoisotopic (exact) mass is 317 g/mol. The minimum Gasteiger partial charge on any atom is -0.297 e. The van der Waals surface area contributed by atoms with Gasteiger partial charge >= 0.3 is 0 Å². The topological polar surface area (TPSA) is 41.3 Å². The summed E-state index contributed by atoms with van der Waals surface area (Å²) in [6.07, 6.45) is 0.693. The van der Waals surface area contributed by atoms with Gasteiger partial charge in [0.2, 0.25) is 0 Å². The molecule has 0 fully saturated rings. The minimum atomic E-state index is -0.0965. The zero-order valence-electron chi connectivity index (χ0n) is 12.7. The Morgan fingerprint density at radius 3 is 2.10 bits per heavy atom. The number of halogens is 2. The molecule has 1 unspecified atom stereocenters. The molecule has 3 N–H and O–H groups in total. The number of nitrogens with one attached hydrogen (secondary N) is 1. The molecule has 0 bridgehead atoms. The summed E-state index contributed by atoms with van der Waals surface area (Å²) in [5, 5.41) is 1.38. The molecule has 20 heavy (non-hydrogen) atoms. The van der Waals surface area contributed by atoms with Crippen molar-refractivity contribution in [3.8, 4) is 0 Å². The van der Waals surface area contributed by atoms with Crippen molar-refractivity contribution in [1.29, 1.82) is 0 Å². The number of nitrogens with two attached hydrogens (primary N) is 1. The molecule has 114 valence electrons. The molecule has 0 aliphatic heterocycles. The Kier molecular flexibility index (Phi) is 6.76. The van der Waals surface area contributed by atoms with Crippen LogP contribution in [0.1, 0.15) is 33.3 Å². The fraction of sp³-hybridized carbons (Fsp3) is 0.600. The number of nitrogens with zero attached hydrogens (tertiary/aromatic N) is 1. The Hall–Kier alpha value is -0.320. The fourth-order valence-corrected chi connectivity index (χ4v) is 3.25. The molecular weight excluding hydrogens is 293 g/mol. The average Bonchev–Trinajstić information content (AvgIpc) is 2.39. The van der Waals surface area contributed by atoms with Gasteiger partial charge in [-0.1, -0.05) is 43.1 Å². The standard InChI is InChI=1S/C15H25Cl2N3/c1-5-20(6-2)15(3,4)14(19-18)10-11-12(16)8-7-9-13(11)17/h7-9,14,19H,5-6,10,18H2,1-4H3. The van der Waals surface area contributed by atoms with E-state index in [1.807, 2.05) is 18.2 Å². The van der Waals surface area contributed by atoms with Crippen molar-refractivity contribution in [2.24, 2.45) is 5.84 Å². The van der Waals surface area contributed by atoms with Crippen LogP contribution in [0.3, 0.4) is 0 Å². The molecule has 0 spiro atoms. The lowest BCUT2D eigenvalue weighted by molar-refractivity contribution is 0.0912. The maximum absolute atomic E-state index is 6.26. The highest BCUT2D eigenvalue weighted by Crippen LogP contribution is 2.29. The number of hydrogen-bond acceptors (Lipinski definition) is 3. The van der Waals surface area contributed by atoms with Crippen molar-refractivity contribution in [1.82, 2.24) is 10.3 Å². The lowest BCUT2D eigenvalue weighted by atomic mass is 9.87. The molecule has 1 rings (SSSR count). The normalized spacial score (nSPS) is 13.8. The molecule has 0 aromatic heterocycles. The second kappa shape index (κ2) is 7.62. The molecule has 0 saturated carbocycles. The molecule has 5 heteroatoms. The van der Waals surface area contributed by atoms with Crippen LogP contribution < -0.4 is 11.3 Å². The van der Waals surface area contributed by atoms with E-state index in [0.717, 1.165) is 18.7 Å². The van der Waals surface area contributed by atoms with Gasteiger partial charge in [-0.25, -0.2) is 0 Å². The van der Waals surface area contributed by atoms with Gasteiger partial charge in [0.15, 0.2) is 0 Å². The molecule has 0 saturated heterocycles. The van der Waals surface area contributed by atoms with Crippen molar-refractivity contribution in [3.05, 3.63) is 33.8 Å². The van der Waals surface area contributed by atoms with E-state index in [4.69, 9.17) is 29.0 Å². The van der Waals surface area contributed by atoms with E-state index in [9.17, 15) is 0 Å². The van der Waals surface area contributed by atoms with Gasteiger partial charge in [0.1, 0.15) is 0 Å². The highest BCUT2D eigenvalue weighted by atomic mass is 35.5. The third-order valence-electron chi connectivity index (χ3n) is 4.10. The molecule has 0 aliphatic carbocycles. The van der Waals surface area contributed by atoms with Crippen LogP contribution in [0.2, 0.25) is 10.0 Å². The van der Waals surface area contributed by atoms with E-state index in [2.05, 4.69) is 38.0 Å². The van der Waals surface area contributed by atoms with Crippen molar-refractivity contribution >= 4 is 23.2 Å². The van der Waals surface area contributed by atoms with Gasteiger partial charge in [-0.3, -0.25) is 16.2 Å². The first-order valence-electron chi connectivity index (χ1n) is 7.02. The fourth-order valence-electron chi connectivity index (χ4n) is 2.70. The molecular formula is C15H25Cl2N3. The van der Waals surface area contributed by atoms with Crippen LogP contribution in [0.25, 0.3) is 0 Å². The summed E-state index contributed by atoms with van der Waals surface area (Å²) in [6, 6.07) is 5.63. The highest BCUT2D eigenvalue weighted by molar-refractivity contribution is 6.36. The van der Waals surface area contributed by atoms with Crippen molar-refractivity contribution in [2.45, 2.75) is 45.7 Å². The second-order valence-electron chi connectivity index (χ2n) is 5.45. The average molecular weight is 318 g/mol. The maximum atomic E-state index is 6.26. The minimum absolute atomic E-state index is 0.0554. The summed E-state index contributed by atoms with van der Waals surface area (Å²) in [7, 11) is 0. The molecule has 1 aromatic rings. The van der Waals surface area contributed by atoms with Gasteiger partial charge < -0.3 is 0 Å². The zero-order chi connectivity index (χ0) is 15.3. The summed E-state index contributed by atoms with van der Waals surface area (Å²) in [4.78, 5) is 2.38. The van der Waals surface area contributed by atoms with Crippen LogP contribution >= 0.6 is 23.2 Å². The predicted molar refractivity (Wildman–Crippen MR) is 88.3 cm³/mol. The predicted octanol–water partition coefficient (Wildman–Crippen LogP) is 3.49. The van der Waals surface area contributed by atoms with Gasteiger partial charge in [0.05, 0.1) is 0 Å². The molecule has 0 amide bonds. The van der Waals surface area contributed by atoms with E-state index >= 15 is 0 Å². The summed E-state index contributed by atoms with van der Waals surface area (Å²) in [5.74, 6) is 5.79. The number of rotatable bonds is 7.